The van der Waals surface area contributed by atoms with Gasteiger partial charge in [0.05, 0.1) is 0 Å². The fourth-order valence-corrected chi connectivity index (χ4v) is 4.36. The standard InChI is InChI=1S/C15H17BrN6O3/c16-12-11-13(17)18-3-4-21(11)14(19-12)8-1-2-9-6-20(15(24)25)7-10(23)22(9)5-8/h3-4,8-9H,1-2,5-7H2,(H2,17,18)(H,24,25). The second kappa shape index (κ2) is 5.87. The van der Waals surface area contributed by atoms with Gasteiger partial charge in [0.15, 0.2) is 5.82 Å². The van der Waals surface area contributed by atoms with Gasteiger partial charge in [0.1, 0.15) is 22.5 Å². The molecule has 10 heteroatoms. The number of amides is 2. The number of hydrogen-bond acceptors (Lipinski definition) is 5. The molecule has 2 fully saturated rings. The molecule has 0 radical (unpaired) electrons. The molecule has 0 aliphatic carbocycles. The molecule has 25 heavy (non-hydrogen) atoms. The molecule has 2 aliphatic rings. The lowest BCUT2D eigenvalue weighted by atomic mass is 9.90. The minimum Gasteiger partial charge on any atom is -0.465 e. The number of fused-ring (bicyclic) bond motifs is 2. The predicted octanol–water partition coefficient (Wildman–Crippen LogP) is 1.14. The molecule has 2 unspecified atom stereocenters. The lowest BCUT2D eigenvalue weighted by Gasteiger charge is -2.45. The molecule has 2 aromatic heterocycles. The number of imidazole rings is 1. The van der Waals surface area contributed by atoms with Crippen LogP contribution in [0.3, 0.4) is 0 Å². The predicted molar refractivity (Wildman–Crippen MR) is 92.2 cm³/mol. The molecule has 9 nitrogen and oxygen atoms in total. The number of carbonyl (C=O) groups is 2. The molecule has 4 rings (SSSR count). The molecule has 3 N–H and O–H groups in total. The quantitative estimate of drug-likeness (QED) is 0.730. The molecule has 2 aliphatic heterocycles. The molecule has 0 bridgehead atoms. The van der Waals surface area contributed by atoms with Crippen LogP contribution >= 0.6 is 15.9 Å². The highest BCUT2D eigenvalue weighted by Gasteiger charge is 2.40. The summed E-state index contributed by atoms with van der Waals surface area (Å²) in [5.74, 6) is 1.15. The maximum absolute atomic E-state index is 12.4. The van der Waals surface area contributed by atoms with E-state index >= 15 is 0 Å². The van der Waals surface area contributed by atoms with Crippen LogP contribution in [0.1, 0.15) is 24.6 Å². The first-order chi connectivity index (χ1) is 12.0. The van der Waals surface area contributed by atoms with Gasteiger partial charge in [-0.05, 0) is 28.8 Å². The van der Waals surface area contributed by atoms with Crippen LogP contribution in [0.2, 0.25) is 0 Å². The van der Waals surface area contributed by atoms with Gasteiger partial charge in [-0.2, -0.15) is 0 Å². The maximum atomic E-state index is 12.4. The SMILES string of the molecule is Nc1nccn2c(C3CCC4CN(C(=O)O)CC(=O)N4C3)nc(Br)c12. The summed E-state index contributed by atoms with van der Waals surface area (Å²) in [6.45, 7) is 0.822. The molecular weight excluding hydrogens is 392 g/mol. The first-order valence-corrected chi connectivity index (χ1v) is 8.80. The fraction of sp³-hybridized carbons (Fsp3) is 0.467. The summed E-state index contributed by atoms with van der Waals surface area (Å²) in [7, 11) is 0. The smallest absolute Gasteiger partial charge is 0.407 e. The average molecular weight is 409 g/mol. The van der Waals surface area contributed by atoms with E-state index in [2.05, 4.69) is 25.9 Å². The number of rotatable bonds is 1. The largest absolute Gasteiger partial charge is 0.465 e. The van der Waals surface area contributed by atoms with Crippen LogP contribution in [0.4, 0.5) is 10.6 Å². The van der Waals surface area contributed by atoms with Crippen LogP contribution in [-0.2, 0) is 4.79 Å². The zero-order chi connectivity index (χ0) is 17.7. The fourth-order valence-electron chi connectivity index (χ4n) is 3.78. The van der Waals surface area contributed by atoms with Crippen LogP contribution in [0.5, 0.6) is 0 Å². The Kier molecular flexibility index (Phi) is 3.78. The molecule has 0 saturated carbocycles. The summed E-state index contributed by atoms with van der Waals surface area (Å²) in [5.41, 5.74) is 6.67. The van der Waals surface area contributed by atoms with Gasteiger partial charge in [-0.15, -0.1) is 0 Å². The van der Waals surface area contributed by atoms with E-state index in [0.717, 1.165) is 24.2 Å². The normalized spacial score (nSPS) is 23.8. The highest BCUT2D eigenvalue weighted by atomic mass is 79.9. The number of nitrogen functional groups attached to an aromatic ring is 1. The van der Waals surface area contributed by atoms with Crippen molar-refractivity contribution in [2.24, 2.45) is 0 Å². The molecule has 2 amide bonds. The number of piperazine rings is 1. The van der Waals surface area contributed by atoms with E-state index in [4.69, 9.17) is 10.8 Å². The summed E-state index contributed by atoms with van der Waals surface area (Å²) >= 11 is 3.44. The van der Waals surface area contributed by atoms with Gasteiger partial charge < -0.3 is 15.7 Å². The average Bonchev–Trinajstić information content (AvgIpc) is 2.92. The van der Waals surface area contributed by atoms with Gasteiger partial charge in [0.25, 0.3) is 0 Å². The van der Waals surface area contributed by atoms with Crippen LogP contribution < -0.4 is 5.73 Å². The maximum Gasteiger partial charge on any atom is 0.407 e. The molecular formula is C15H17BrN6O3. The number of nitrogens with two attached hydrogens (primary N) is 1. The van der Waals surface area contributed by atoms with Gasteiger partial charge in [-0.3, -0.25) is 14.1 Å². The number of piperidine rings is 1. The number of hydrogen-bond donors (Lipinski definition) is 2. The summed E-state index contributed by atoms with van der Waals surface area (Å²) in [5, 5.41) is 9.14. The monoisotopic (exact) mass is 408 g/mol. The van der Waals surface area contributed by atoms with Crippen molar-refractivity contribution in [3.05, 3.63) is 22.8 Å². The van der Waals surface area contributed by atoms with Crippen LogP contribution in [0.15, 0.2) is 17.0 Å². The van der Waals surface area contributed by atoms with Crippen molar-refractivity contribution >= 4 is 39.3 Å². The van der Waals surface area contributed by atoms with Crippen molar-refractivity contribution in [3.8, 4) is 0 Å². The molecule has 132 valence electrons. The Morgan fingerprint density at radius 1 is 1.36 bits per heavy atom. The zero-order valence-corrected chi connectivity index (χ0v) is 14.9. The number of carboxylic acid groups (broad SMARTS) is 1. The van der Waals surface area contributed by atoms with E-state index in [-0.39, 0.29) is 24.4 Å². The van der Waals surface area contributed by atoms with Crippen molar-refractivity contribution in [2.45, 2.75) is 24.8 Å². The first kappa shape index (κ1) is 16.1. The summed E-state index contributed by atoms with van der Waals surface area (Å²) in [6.07, 6.45) is 3.97. The van der Waals surface area contributed by atoms with Gasteiger partial charge in [0, 0.05) is 37.4 Å². The molecule has 4 heterocycles. The first-order valence-electron chi connectivity index (χ1n) is 8.01. The van der Waals surface area contributed by atoms with Crippen molar-refractivity contribution < 1.29 is 14.7 Å². The minimum absolute atomic E-state index is 0.0602. The van der Waals surface area contributed by atoms with Gasteiger partial charge >= 0.3 is 6.09 Å². The number of carbonyl (C=O) groups excluding carboxylic acids is 1. The van der Waals surface area contributed by atoms with Crippen LogP contribution in [-0.4, -0.2) is 67.0 Å². The van der Waals surface area contributed by atoms with Gasteiger partial charge in [-0.1, -0.05) is 0 Å². The third-order valence-electron chi connectivity index (χ3n) is 4.99. The lowest BCUT2D eigenvalue weighted by molar-refractivity contribution is -0.141. The van der Waals surface area contributed by atoms with Crippen molar-refractivity contribution in [1.82, 2.24) is 24.2 Å². The van der Waals surface area contributed by atoms with Gasteiger partial charge in [-0.25, -0.2) is 14.8 Å². The van der Waals surface area contributed by atoms with E-state index in [1.54, 1.807) is 11.1 Å². The number of aromatic nitrogens is 3. The van der Waals surface area contributed by atoms with Gasteiger partial charge in [0.2, 0.25) is 5.91 Å². The number of nitrogens with zero attached hydrogens (tertiary/aromatic N) is 5. The highest BCUT2D eigenvalue weighted by molar-refractivity contribution is 9.10. The van der Waals surface area contributed by atoms with E-state index in [1.807, 2.05) is 10.6 Å². The van der Waals surface area contributed by atoms with E-state index < -0.39 is 6.09 Å². The van der Waals surface area contributed by atoms with E-state index in [1.165, 1.54) is 4.90 Å². The Hall–Kier alpha value is -2.36. The Morgan fingerprint density at radius 3 is 2.92 bits per heavy atom. The number of halogens is 1. The third kappa shape index (κ3) is 2.60. The Labute approximate surface area is 151 Å². The Bertz CT molecular complexity index is 868. The third-order valence-corrected chi connectivity index (χ3v) is 5.54. The topological polar surface area (TPSA) is 117 Å². The molecule has 2 aromatic rings. The van der Waals surface area contributed by atoms with Crippen molar-refractivity contribution in [1.29, 1.82) is 0 Å². The summed E-state index contributed by atoms with van der Waals surface area (Å²) in [4.78, 5) is 35.2. The highest BCUT2D eigenvalue weighted by Crippen LogP contribution is 2.34. The Morgan fingerprint density at radius 2 is 2.16 bits per heavy atom. The molecule has 2 saturated heterocycles. The number of anilines is 1. The van der Waals surface area contributed by atoms with E-state index in [0.29, 0.717) is 23.5 Å². The summed E-state index contributed by atoms with van der Waals surface area (Å²) < 4.78 is 2.55. The summed E-state index contributed by atoms with van der Waals surface area (Å²) in [6, 6.07) is -0.0602. The molecule has 0 aromatic carbocycles. The van der Waals surface area contributed by atoms with Crippen molar-refractivity contribution in [2.75, 3.05) is 25.4 Å². The second-order valence-electron chi connectivity index (χ2n) is 6.43. The molecule has 0 spiro atoms. The Balaban J connectivity index is 1.62. The lowest BCUT2D eigenvalue weighted by Crippen LogP contribution is -2.60. The molecule has 2 atom stereocenters. The minimum atomic E-state index is -1.04. The van der Waals surface area contributed by atoms with E-state index in [9.17, 15) is 9.59 Å². The van der Waals surface area contributed by atoms with Crippen LogP contribution in [0, 0.1) is 0 Å². The second-order valence-corrected chi connectivity index (χ2v) is 7.18. The zero-order valence-electron chi connectivity index (χ0n) is 13.3. The van der Waals surface area contributed by atoms with Crippen LogP contribution in [0.25, 0.3) is 5.52 Å². The van der Waals surface area contributed by atoms with Crippen molar-refractivity contribution in [3.63, 3.8) is 0 Å².